The standard InChI is InChI=1S/C10H7ClF2N2O2/c1-17-7(16)2-5-4-15-9(11)6(3-14)8(5)10(12)13/h4,10H,2H2,1H3. The summed E-state index contributed by atoms with van der Waals surface area (Å²) < 4.78 is 30.0. The summed E-state index contributed by atoms with van der Waals surface area (Å²) in [5, 5.41) is 8.43. The van der Waals surface area contributed by atoms with Crippen LogP contribution in [-0.2, 0) is 16.0 Å². The Morgan fingerprint density at radius 1 is 1.71 bits per heavy atom. The number of halogens is 3. The van der Waals surface area contributed by atoms with E-state index in [1.807, 2.05) is 0 Å². The lowest BCUT2D eigenvalue weighted by Crippen LogP contribution is -2.09. The number of rotatable bonds is 3. The van der Waals surface area contributed by atoms with Crippen molar-refractivity contribution >= 4 is 17.6 Å². The number of pyridine rings is 1. The van der Waals surface area contributed by atoms with Crippen molar-refractivity contribution < 1.29 is 18.3 Å². The van der Waals surface area contributed by atoms with Gasteiger partial charge in [0.05, 0.1) is 19.1 Å². The summed E-state index contributed by atoms with van der Waals surface area (Å²) in [6.45, 7) is 0. The Morgan fingerprint density at radius 2 is 2.35 bits per heavy atom. The Morgan fingerprint density at radius 3 is 2.82 bits per heavy atom. The Bertz CT molecular complexity index is 486. The van der Waals surface area contributed by atoms with Gasteiger partial charge in [0, 0.05) is 11.8 Å². The maximum Gasteiger partial charge on any atom is 0.310 e. The Kier molecular flexibility index (Phi) is 4.35. The van der Waals surface area contributed by atoms with Crippen LogP contribution in [0.2, 0.25) is 5.15 Å². The lowest BCUT2D eigenvalue weighted by molar-refractivity contribution is -0.139. The molecule has 17 heavy (non-hydrogen) atoms. The second-order valence-corrected chi connectivity index (χ2v) is 3.39. The summed E-state index contributed by atoms with van der Waals surface area (Å²) in [7, 11) is 1.14. The number of hydrogen-bond acceptors (Lipinski definition) is 4. The highest BCUT2D eigenvalue weighted by Crippen LogP contribution is 2.30. The molecule has 1 aromatic rings. The molecule has 7 heteroatoms. The van der Waals surface area contributed by atoms with E-state index in [0.717, 1.165) is 13.3 Å². The van der Waals surface area contributed by atoms with Crippen molar-refractivity contribution in [3.8, 4) is 6.07 Å². The predicted octanol–water partition coefficient (Wildman–Crippen LogP) is 2.26. The third kappa shape index (κ3) is 2.88. The lowest BCUT2D eigenvalue weighted by Gasteiger charge is -2.10. The summed E-state index contributed by atoms with van der Waals surface area (Å²) in [4.78, 5) is 14.6. The molecule has 4 nitrogen and oxygen atoms in total. The van der Waals surface area contributed by atoms with E-state index in [9.17, 15) is 13.6 Å². The lowest BCUT2D eigenvalue weighted by atomic mass is 10.0. The molecular weight excluding hydrogens is 254 g/mol. The number of nitrogens with zero attached hydrogens (tertiary/aromatic N) is 2. The quantitative estimate of drug-likeness (QED) is 0.618. The first-order valence-corrected chi connectivity index (χ1v) is 4.81. The van der Waals surface area contributed by atoms with Gasteiger partial charge in [-0.1, -0.05) is 11.6 Å². The highest BCUT2D eigenvalue weighted by atomic mass is 35.5. The van der Waals surface area contributed by atoms with Crippen molar-refractivity contribution in [1.29, 1.82) is 5.26 Å². The molecule has 0 unspecified atom stereocenters. The third-order valence-electron chi connectivity index (χ3n) is 2.05. The minimum absolute atomic E-state index is 0.0622. The van der Waals surface area contributed by atoms with E-state index in [-0.39, 0.29) is 17.1 Å². The summed E-state index contributed by atoms with van der Waals surface area (Å²) in [5.74, 6) is -0.695. The number of ether oxygens (including phenoxy) is 1. The molecule has 1 rings (SSSR count). The van der Waals surface area contributed by atoms with Crippen molar-refractivity contribution in [1.82, 2.24) is 4.98 Å². The first kappa shape index (κ1) is 13.3. The molecule has 1 heterocycles. The van der Waals surface area contributed by atoms with Crippen LogP contribution in [0, 0.1) is 11.3 Å². The Hall–Kier alpha value is -1.74. The van der Waals surface area contributed by atoms with Crippen molar-refractivity contribution in [3.63, 3.8) is 0 Å². The zero-order chi connectivity index (χ0) is 13.0. The molecule has 0 radical (unpaired) electrons. The summed E-state index contributed by atoms with van der Waals surface area (Å²) in [5.41, 5.74) is -1.05. The molecule has 0 spiro atoms. The fourth-order valence-corrected chi connectivity index (χ4v) is 1.46. The highest BCUT2D eigenvalue weighted by Gasteiger charge is 2.22. The van der Waals surface area contributed by atoms with Gasteiger partial charge in [0.2, 0.25) is 0 Å². The molecule has 0 bridgehead atoms. The number of aromatic nitrogens is 1. The van der Waals surface area contributed by atoms with E-state index in [1.54, 1.807) is 6.07 Å². The van der Waals surface area contributed by atoms with E-state index < -0.39 is 23.5 Å². The molecule has 0 saturated heterocycles. The molecule has 0 aliphatic heterocycles. The SMILES string of the molecule is COC(=O)Cc1cnc(Cl)c(C#N)c1C(F)F. The fraction of sp³-hybridized carbons (Fsp3) is 0.300. The van der Waals surface area contributed by atoms with E-state index in [2.05, 4.69) is 9.72 Å². The van der Waals surface area contributed by atoms with Crippen LogP contribution in [0.5, 0.6) is 0 Å². The summed E-state index contributed by atoms with van der Waals surface area (Å²) >= 11 is 5.53. The van der Waals surface area contributed by atoms with Gasteiger partial charge in [0.1, 0.15) is 11.2 Å². The number of nitriles is 1. The molecule has 0 saturated carbocycles. The van der Waals surface area contributed by atoms with Gasteiger partial charge in [-0.2, -0.15) is 5.26 Å². The van der Waals surface area contributed by atoms with Crippen LogP contribution in [0.1, 0.15) is 23.1 Å². The minimum Gasteiger partial charge on any atom is -0.469 e. The molecule has 0 fully saturated rings. The normalized spacial score (nSPS) is 10.1. The van der Waals surface area contributed by atoms with Crippen LogP contribution >= 0.6 is 11.6 Å². The largest absolute Gasteiger partial charge is 0.469 e. The smallest absolute Gasteiger partial charge is 0.310 e. The zero-order valence-corrected chi connectivity index (χ0v) is 9.46. The molecule has 0 aromatic carbocycles. The minimum atomic E-state index is -2.91. The number of carbonyl (C=O) groups excluding carboxylic acids is 1. The molecule has 0 aliphatic rings. The van der Waals surface area contributed by atoms with Crippen LogP contribution in [0.4, 0.5) is 8.78 Å². The van der Waals surface area contributed by atoms with Crippen LogP contribution in [-0.4, -0.2) is 18.1 Å². The van der Waals surface area contributed by atoms with E-state index in [1.165, 1.54) is 0 Å². The average Bonchev–Trinajstić information content (AvgIpc) is 2.30. The Balaban J connectivity index is 3.31. The maximum atomic E-state index is 12.8. The number of hydrogen-bond donors (Lipinski definition) is 0. The second kappa shape index (κ2) is 5.55. The van der Waals surface area contributed by atoms with Gasteiger partial charge in [-0.05, 0) is 5.56 Å². The molecule has 0 N–H and O–H groups in total. The topological polar surface area (TPSA) is 63.0 Å². The van der Waals surface area contributed by atoms with E-state index in [4.69, 9.17) is 16.9 Å². The van der Waals surface area contributed by atoms with E-state index >= 15 is 0 Å². The first-order valence-electron chi connectivity index (χ1n) is 4.43. The van der Waals surface area contributed by atoms with Crippen LogP contribution < -0.4 is 0 Å². The van der Waals surface area contributed by atoms with Crippen molar-refractivity contribution in [2.24, 2.45) is 0 Å². The fourth-order valence-electron chi connectivity index (χ4n) is 1.26. The van der Waals surface area contributed by atoms with E-state index in [0.29, 0.717) is 0 Å². The zero-order valence-electron chi connectivity index (χ0n) is 8.71. The monoisotopic (exact) mass is 260 g/mol. The van der Waals surface area contributed by atoms with Crippen molar-refractivity contribution in [2.45, 2.75) is 12.8 Å². The van der Waals surface area contributed by atoms with Gasteiger partial charge in [-0.15, -0.1) is 0 Å². The second-order valence-electron chi connectivity index (χ2n) is 3.03. The van der Waals surface area contributed by atoms with Gasteiger partial charge in [0.15, 0.2) is 0 Å². The molecule has 0 aliphatic carbocycles. The number of carbonyl (C=O) groups is 1. The van der Waals surface area contributed by atoms with Crippen molar-refractivity contribution in [3.05, 3.63) is 28.0 Å². The number of methoxy groups -OCH3 is 1. The van der Waals surface area contributed by atoms with Crippen LogP contribution in [0.25, 0.3) is 0 Å². The maximum absolute atomic E-state index is 12.8. The predicted molar refractivity (Wildman–Crippen MR) is 54.6 cm³/mol. The molecule has 0 atom stereocenters. The van der Waals surface area contributed by atoms with Gasteiger partial charge >= 0.3 is 5.97 Å². The van der Waals surface area contributed by atoms with Crippen LogP contribution in [0.15, 0.2) is 6.20 Å². The Labute approximate surface area is 101 Å². The van der Waals surface area contributed by atoms with Crippen molar-refractivity contribution in [2.75, 3.05) is 7.11 Å². The van der Waals surface area contributed by atoms with Gasteiger partial charge < -0.3 is 4.74 Å². The van der Waals surface area contributed by atoms with Gasteiger partial charge in [-0.3, -0.25) is 4.79 Å². The third-order valence-corrected chi connectivity index (χ3v) is 2.33. The average molecular weight is 261 g/mol. The first-order chi connectivity index (χ1) is 8.01. The molecule has 90 valence electrons. The highest BCUT2D eigenvalue weighted by molar-refractivity contribution is 6.30. The van der Waals surface area contributed by atoms with Gasteiger partial charge in [-0.25, -0.2) is 13.8 Å². The summed E-state index contributed by atoms with van der Waals surface area (Å²) in [6.07, 6.45) is -2.25. The van der Waals surface area contributed by atoms with Gasteiger partial charge in [0.25, 0.3) is 6.43 Å². The molecule has 0 amide bonds. The summed E-state index contributed by atoms with van der Waals surface area (Å²) in [6, 6.07) is 1.55. The number of esters is 1. The van der Waals surface area contributed by atoms with Crippen LogP contribution in [0.3, 0.4) is 0 Å². The molecule has 1 aromatic heterocycles. The number of alkyl halides is 2. The molecular formula is C10H7ClF2N2O2.